The number of anilines is 1. The number of nitrogens with zero attached hydrogens (tertiary/aromatic N) is 4. The first-order valence-electron chi connectivity index (χ1n) is 16.7. The number of fused-ring (bicyclic) bond motifs is 3. The molecule has 0 radical (unpaired) electrons. The Labute approximate surface area is 305 Å². The predicted molar refractivity (Wildman–Crippen MR) is 199 cm³/mol. The summed E-state index contributed by atoms with van der Waals surface area (Å²) in [5.74, 6) is 2.47. The van der Waals surface area contributed by atoms with Gasteiger partial charge in [-0.25, -0.2) is 4.98 Å². The summed E-state index contributed by atoms with van der Waals surface area (Å²) in [7, 11) is 2.02. The molecule has 0 saturated carbocycles. The molecule has 7 rings (SSSR count). The fourth-order valence-corrected chi connectivity index (χ4v) is 6.97. The molecule has 6 aromatic rings. The van der Waals surface area contributed by atoms with E-state index in [-0.39, 0.29) is 26.5 Å². The Balaban J connectivity index is 0.00000417. The normalized spacial score (nSPS) is 13.2. The van der Waals surface area contributed by atoms with E-state index in [2.05, 4.69) is 138 Å². The molecule has 0 atom stereocenters. The van der Waals surface area contributed by atoms with Crippen molar-refractivity contribution >= 4 is 27.5 Å². The van der Waals surface area contributed by atoms with E-state index in [0.29, 0.717) is 17.4 Å². The number of ether oxygens (including phenoxy) is 1. The van der Waals surface area contributed by atoms with Crippen LogP contribution in [0, 0.1) is 39.6 Å². The molecular formula is C43H43N4OPt-3. The summed E-state index contributed by atoms with van der Waals surface area (Å²) in [5, 5.41) is 2.30. The van der Waals surface area contributed by atoms with Crippen LogP contribution in [0.5, 0.6) is 11.5 Å². The van der Waals surface area contributed by atoms with Crippen LogP contribution in [0.1, 0.15) is 68.4 Å². The van der Waals surface area contributed by atoms with Crippen molar-refractivity contribution in [1.29, 1.82) is 0 Å². The topological polar surface area (TPSA) is 33.5 Å². The molecule has 1 aliphatic rings. The standard InChI is InChI=1S/C43H43N4O.Pt/c1-27(2)36-11-10-12-38-37-14-13-34(25-39(37)47(42(36)38)40-23-32(15-16-44-40)43(6,7)8)48-35-22-31(41-29(4)19-28(3)20-30(41)5)21-33(24-35)46-18-17-45(9)26-46;/h10-23,26-27H,1-9H3;/q-3;. The Morgan fingerprint density at radius 1 is 0.837 bits per heavy atom. The number of rotatable bonds is 6. The molecule has 0 saturated heterocycles. The van der Waals surface area contributed by atoms with E-state index in [1.165, 1.54) is 38.8 Å². The van der Waals surface area contributed by atoms with Gasteiger partial charge in [0.25, 0.3) is 0 Å². The number of benzene rings is 4. The molecule has 1 aliphatic heterocycles. The van der Waals surface area contributed by atoms with Gasteiger partial charge in [-0.05, 0) is 96.9 Å². The van der Waals surface area contributed by atoms with Crippen molar-refractivity contribution in [3.63, 3.8) is 0 Å². The maximum absolute atomic E-state index is 6.70. The average molecular weight is 827 g/mol. The fourth-order valence-electron chi connectivity index (χ4n) is 6.97. The number of para-hydroxylation sites is 1. The van der Waals surface area contributed by atoms with Crippen molar-refractivity contribution in [2.45, 2.75) is 66.7 Å². The minimum atomic E-state index is -0.0151. The molecule has 2 aromatic heterocycles. The van der Waals surface area contributed by atoms with Crippen LogP contribution in [0.2, 0.25) is 0 Å². The molecule has 5 nitrogen and oxygen atoms in total. The molecule has 0 amide bonds. The first kappa shape index (κ1) is 34.5. The van der Waals surface area contributed by atoms with Gasteiger partial charge in [0.05, 0.1) is 0 Å². The Morgan fingerprint density at radius 2 is 1.59 bits per heavy atom. The van der Waals surface area contributed by atoms with Crippen molar-refractivity contribution in [3.05, 3.63) is 132 Å². The molecule has 254 valence electrons. The summed E-state index contributed by atoms with van der Waals surface area (Å²) in [6.07, 6.45) is 5.98. The summed E-state index contributed by atoms with van der Waals surface area (Å²) in [5.41, 5.74) is 11.5. The van der Waals surface area contributed by atoms with Gasteiger partial charge in [0, 0.05) is 44.3 Å². The summed E-state index contributed by atoms with van der Waals surface area (Å²) in [6, 6.07) is 31.1. The molecule has 3 heterocycles. The SMILES string of the molecule is Cc1cc(C)c(-c2cc(Oc3[c-]c4c(cc3)c3cccc(C(C)C)c3n4-c3cc(C(C)(C)C)ccn3)[c-]c(N3C=CN(C)[CH-]3)c2)c(C)c1.[Pt]. The maximum Gasteiger partial charge on any atom is 0.135 e. The second kappa shape index (κ2) is 13.2. The summed E-state index contributed by atoms with van der Waals surface area (Å²) < 4.78 is 8.97. The Morgan fingerprint density at radius 3 is 2.27 bits per heavy atom. The van der Waals surface area contributed by atoms with Crippen LogP contribution in [0.25, 0.3) is 38.8 Å². The molecule has 0 unspecified atom stereocenters. The van der Waals surface area contributed by atoms with E-state index in [4.69, 9.17) is 9.72 Å². The molecule has 0 aliphatic carbocycles. The number of hydrogen-bond acceptors (Lipinski definition) is 4. The van der Waals surface area contributed by atoms with E-state index in [0.717, 1.165) is 33.5 Å². The van der Waals surface area contributed by atoms with Crippen LogP contribution >= 0.6 is 0 Å². The van der Waals surface area contributed by atoms with Gasteiger partial charge in [-0.2, -0.15) is 12.7 Å². The monoisotopic (exact) mass is 826 g/mol. The average Bonchev–Trinajstić information content (AvgIpc) is 3.61. The van der Waals surface area contributed by atoms with Gasteiger partial charge in [0.2, 0.25) is 0 Å². The Kier molecular flexibility index (Phi) is 9.28. The molecule has 0 spiro atoms. The Bertz CT molecular complexity index is 2200. The first-order valence-corrected chi connectivity index (χ1v) is 16.7. The maximum atomic E-state index is 6.70. The second-order valence-corrected chi connectivity index (χ2v) is 14.5. The third kappa shape index (κ3) is 6.54. The van der Waals surface area contributed by atoms with Crippen LogP contribution in [0.3, 0.4) is 0 Å². The zero-order chi connectivity index (χ0) is 33.9. The number of hydrogen-bond donors (Lipinski definition) is 0. The van der Waals surface area contributed by atoms with E-state index in [1.807, 2.05) is 43.3 Å². The van der Waals surface area contributed by atoms with Crippen LogP contribution in [0.4, 0.5) is 5.69 Å². The van der Waals surface area contributed by atoms with Crippen molar-refractivity contribution in [2.24, 2.45) is 0 Å². The third-order valence-electron chi connectivity index (χ3n) is 9.23. The van der Waals surface area contributed by atoms with Crippen molar-refractivity contribution in [2.75, 3.05) is 11.9 Å². The fraction of sp³-hybridized carbons (Fsp3) is 0.256. The van der Waals surface area contributed by atoms with Crippen LogP contribution in [-0.4, -0.2) is 21.5 Å². The zero-order valence-corrected chi connectivity index (χ0v) is 32.0. The summed E-state index contributed by atoms with van der Waals surface area (Å²) >= 11 is 0. The van der Waals surface area contributed by atoms with Gasteiger partial charge in [0.1, 0.15) is 5.82 Å². The summed E-state index contributed by atoms with van der Waals surface area (Å²) in [4.78, 5) is 9.01. The van der Waals surface area contributed by atoms with Gasteiger partial charge in [-0.15, -0.1) is 47.0 Å². The van der Waals surface area contributed by atoms with Gasteiger partial charge in [-0.3, -0.25) is 0 Å². The zero-order valence-electron chi connectivity index (χ0n) is 29.8. The minimum absolute atomic E-state index is 0. The third-order valence-corrected chi connectivity index (χ3v) is 9.23. The predicted octanol–water partition coefficient (Wildman–Crippen LogP) is 10.9. The smallest absolute Gasteiger partial charge is 0.135 e. The van der Waals surface area contributed by atoms with E-state index in [9.17, 15) is 0 Å². The van der Waals surface area contributed by atoms with Crippen molar-refractivity contribution < 1.29 is 25.8 Å². The van der Waals surface area contributed by atoms with Crippen LogP contribution in [0.15, 0.2) is 85.3 Å². The minimum Gasteiger partial charge on any atom is -0.510 e. The van der Waals surface area contributed by atoms with Gasteiger partial charge in [-0.1, -0.05) is 76.0 Å². The van der Waals surface area contributed by atoms with E-state index >= 15 is 0 Å². The molecule has 0 bridgehead atoms. The number of aromatic nitrogens is 2. The van der Waals surface area contributed by atoms with Gasteiger partial charge in [0.15, 0.2) is 0 Å². The van der Waals surface area contributed by atoms with Gasteiger partial charge < -0.3 is 19.1 Å². The molecule has 6 heteroatoms. The van der Waals surface area contributed by atoms with E-state index < -0.39 is 0 Å². The van der Waals surface area contributed by atoms with Crippen molar-refractivity contribution in [3.8, 4) is 28.4 Å². The second-order valence-electron chi connectivity index (χ2n) is 14.5. The quantitative estimate of drug-likeness (QED) is 0.157. The van der Waals surface area contributed by atoms with Crippen LogP contribution < -0.4 is 9.64 Å². The number of aryl methyl sites for hydroxylation is 3. The summed E-state index contributed by atoms with van der Waals surface area (Å²) in [6.45, 7) is 19.7. The van der Waals surface area contributed by atoms with E-state index in [1.54, 1.807) is 0 Å². The Hall–Kier alpha value is -4.34. The van der Waals surface area contributed by atoms with Crippen LogP contribution in [-0.2, 0) is 26.5 Å². The molecular weight excluding hydrogens is 784 g/mol. The molecule has 4 aromatic carbocycles. The number of pyridine rings is 1. The molecule has 49 heavy (non-hydrogen) atoms. The molecule has 0 fully saturated rings. The first-order chi connectivity index (χ1) is 22.9. The van der Waals surface area contributed by atoms with Gasteiger partial charge >= 0.3 is 0 Å². The largest absolute Gasteiger partial charge is 0.510 e. The molecule has 0 N–H and O–H groups in total. The van der Waals surface area contributed by atoms with Crippen molar-refractivity contribution in [1.82, 2.24) is 14.5 Å².